The van der Waals surface area contributed by atoms with Gasteiger partial charge in [0.2, 0.25) is 0 Å². The smallest absolute Gasteiger partial charge is 0.0208 e. The largest absolute Gasteiger partial charge is 0.309 e. The third-order valence-corrected chi connectivity index (χ3v) is 4.86. The monoisotopic (exact) mass is 308 g/mol. The molecule has 1 aliphatic rings. The van der Waals surface area contributed by atoms with E-state index in [2.05, 4.69) is 77.8 Å². The van der Waals surface area contributed by atoms with Crippen LogP contribution in [0.3, 0.4) is 0 Å². The average Bonchev–Trinajstić information content (AvgIpc) is 2.61. The maximum atomic E-state index is 3.78. The van der Waals surface area contributed by atoms with E-state index in [1.807, 2.05) is 0 Å². The molecule has 23 heavy (non-hydrogen) atoms. The minimum Gasteiger partial charge on any atom is -0.309 e. The van der Waals surface area contributed by atoms with E-state index in [-0.39, 0.29) is 0 Å². The van der Waals surface area contributed by atoms with Crippen LogP contribution in [0.2, 0.25) is 0 Å². The van der Waals surface area contributed by atoms with E-state index >= 15 is 0 Å². The first-order chi connectivity index (χ1) is 11.3. The molecule has 2 aromatic carbocycles. The maximum absolute atomic E-state index is 3.78. The fraction of sp³-hybridized carbons (Fsp3) is 0.429. The summed E-state index contributed by atoms with van der Waals surface area (Å²) in [5, 5.41) is 3.78. The van der Waals surface area contributed by atoms with Crippen molar-refractivity contribution in [2.45, 2.75) is 32.4 Å². The van der Waals surface area contributed by atoms with Gasteiger partial charge in [0.1, 0.15) is 0 Å². The predicted octanol–water partition coefficient (Wildman–Crippen LogP) is 3.73. The molecule has 0 aromatic heterocycles. The molecule has 2 atom stereocenters. The standard InChI is InChI=1S/C21H28N2/c1-2-23-16-20(13-18-9-5-3-6-10-18)14-21(17-23)22-15-19-11-7-4-8-12-19/h3-12,20-22H,2,13-17H2,1H3. The van der Waals surface area contributed by atoms with Crippen LogP contribution in [0, 0.1) is 5.92 Å². The van der Waals surface area contributed by atoms with Crippen molar-refractivity contribution in [3.05, 3.63) is 71.8 Å². The Morgan fingerprint density at radius 1 is 0.913 bits per heavy atom. The van der Waals surface area contributed by atoms with Gasteiger partial charge >= 0.3 is 0 Å². The van der Waals surface area contributed by atoms with Crippen molar-refractivity contribution >= 4 is 0 Å². The number of hydrogen-bond donors (Lipinski definition) is 1. The second-order valence-electron chi connectivity index (χ2n) is 6.71. The molecule has 1 aliphatic heterocycles. The predicted molar refractivity (Wildman–Crippen MR) is 97.4 cm³/mol. The van der Waals surface area contributed by atoms with Crippen LogP contribution in [0.5, 0.6) is 0 Å². The molecule has 122 valence electrons. The van der Waals surface area contributed by atoms with Crippen LogP contribution in [0.4, 0.5) is 0 Å². The number of nitrogens with zero attached hydrogens (tertiary/aromatic N) is 1. The van der Waals surface area contributed by atoms with Gasteiger partial charge in [0.25, 0.3) is 0 Å². The Hall–Kier alpha value is -1.64. The first-order valence-electron chi connectivity index (χ1n) is 8.87. The lowest BCUT2D eigenvalue weighted by atomic mass is 9.88. The quantitative estimate of drug-likeness (QED) is 0.875. The van der Waals surface area contributed by atoms with Crippen molar-refractivity contribution in [2.75, 3.05) is 19.6 Å². The highest BCUT2D eigenvalue weighted by atomic mass is 15.2. The Bertz CT molecular complexity index is 567. The molecule has 1 saturated heterocycles. The van der Waals surface area contributed by atoms with Gasteiger partial charge in [-0.3, -0.25) is 0 Å². The molecule has 0 bridgehead atoms. The van der Waals surface area contributed by atoms with Crippen molar-refractivity contribution in [2.24, 2.45) is 5.92 Å². The van der Waals surface area contributed by atoms with E-state index in [1.54, 1.807) is 0 Å². The van der Waals surface area contributed by atoms with E-state index in [0.29, 0.717) is 6.04 Å². The molecule has 0 saturated carbocycles. The van der Waals surface area contributed by atoms with Crippen LogP contribution < -0.4 is 5.32 Å². The number of likely N-dealkylation sites (tertiary alicyclic amines) is 1. The highest BCUT2D eigenvalue weighted by Gasteiger charge is 2.26. The van der Waals surface area contributed by atoms with Crippen LogP contribution in [0.25, 0.3) is 0 Å². The summed E-state index contributed by atoms with van der Waals surface area (Å²) >= 11 is 0. The van der Waals surface area contributed by atoms with E-state index in [0.717, 1.165) is 19.0 Å². The molecular formula is C21H28N2. The van der Waals surface area contributed by atoms with Crippen molar-refractivity contribution in [3.63, 3.8) is 0 Å². The normalized spacial score (nSPS) is 22.1. The third kappa shape index (κ3) is 4.92. The average molecular weight is 308 g/mol. The summed E-state index contributed by atoms with van der Waals surface area (Å²) in [7, 11) is 0. The van der Waals surface area contributed by atoms with E-state index < -0.39 is 0 Å². The number of hydrogen-bond acceptors (Lipinski definition) is 2. The molecule has 1 heterocycles. The molecular weight excluding hydrogens is 280 g/mol. The zero-order chi connectivity index (χ0) is 15.9. The van der Waals surface area contributed by atoms with Gasteiger partial charge in [-0.2, -0.15) is 0 Å². The SMILES string of the molecule is CCN1CC(Cc2ccccc2)CC(NCc2ccccc2)C1. The molecule has 2 unspecified atom stereocenters. The maximum Gasteiger partial charge on any atom is 0.0208 e. The van der Waals surface area contributed by atoms with Crippen LogP contribution in [0.1, 0.15) is 24.5 Å². The summed E-state index contributed by atoms with van der Waals surface area (Å²) in [6, 6.07) is 22.3. The van der Waals surface area contributed by atoms with Gasteiger partial charge in [-0.25, -0.2) is 0 Å². The van der Waals surface area contributed by atoms with Crippen LogP contribution in [-0.4, -0.2) is 30.6 Å². The molecule has 0 aliphatic carbocycles. The fourth-order valence-corrected chi connectivity index (χ4v) is 3.66. The Morgan fingerprint density at radius 2 is 1.57 bits per heavy atom. The molecule has 0 spiro atoms. The highest BCUT2D eigenvalue weighted by molar-refractivity contribution is 5.16. The molecule has 3 rings (SSSR count). The van der Waals surface area contributed by atoms with Crippen molar-refractivity contribution in [1.82, 2.24) is 10.2 Å². The molecule has 2 nitrogen and oxygen atoms in total. The summed E-state index contributed by atoms with van der Waals surface area (Å²) in [4.78, 5) is 2.60. The summed E-state index contributed by atoms with van der Waals surface area (Å²) in [5.41, 5.74) is 2.85. The number of nitrogens with one attached hydrogen (secondary N) is 1. The molecule has 0 radical (unpaired) electrons. The fourth-order valence-electron chi connectivity index (χ4n) is 3.66. The topological polar surface area (TPSA) is 15.3 Å². The lowest BCUT2D eigenvalue weighted by Gasteiger charge is -2.38. The van der Waals surface area contributed by atoms with Gasteiger partial charge < -0.3 is 10.2 Å². The molecule has 1 fully saturated rings. The van der Waals surface area contributed by atoms with Crippen molar-refractivity contribution in [3.8, 4) is 0 Å². The van der Waals surface area contributed by atoms with Crippen LogP contribution >= 0.6 is 0 Å². The lowest BCUT2D eigenvalue weighted by molar-refractivity contribution is 0.146. The number of benzene rings is 2. The lowest BCUT2D eigenvalue weighted by Crippen LogP contribution is -2.49. The number of piperidine rings is 1. The molecule has 2 aromatic rings. The van der Waals surface area contributed by atoms with Gasteiger partial charge in [-0.05, 0) is 36.4 Å². The van der Waals surface area contributed by atoms with Gasteiger partial charge in [-0.15, -0.1) is 0 Å². The van der Waals surface area contributed by atoms with Crippen molar-refractivity contribution < 1.29 is 0 Å². The van der Waals surface area contributed by atoms with E-state index in [9.17, 15) is 0 Å². The first-order valence-corrected chi connectivity index (χ1v) is 8.87. The summed E-state index contributed by atoms with van der Waals surface area (Å²) in [6.45, 7) is 6.80. The second-order valence-corrected chi connectivity index (χ2v) is 6.71. The van der Waals surface area contributed by atoms with Crippen molar-refractivity contribution in [1.29, 1.82) is 0 Å². The number of rotatable bonds is 6. The summed E-state index contributed by atoms with van der Waals surface area (Å²) in [5.74, 6) is 0.749. The van der Waals surface area contributed by atoms with Gasteiger partial charge in [0, 0.05) is 25.7 Å². The number of likely N-dealkylation sites (N-methyl/N-ethyl adjacent to an activating group) is 1. The van der Waals surface area contributed by atoms with E-state index in [1.165, 1.54) is 37.1 Å². The third-order valence-electron chi connectivity index (χ3n) is 4.86. The Kier molecular flexibility index (Phi) is 5.84. The molecule has 0 amide bonds. The van der Waals surface area contributed by atoms with Crippen LogP contribution in [0.15, 0.2) is 60.7 Å². The van der Waals surface area contributed by atoms with E-state index in [4.69, 9.17) is 0 Å². The first kappa shape index (κ1) is 16.2. The Labute approximate surface area is 140 Å². The second kappa shape index (κ2) is 8.28. The summed E-state index contributed by atoms with van der Waals surface area (Å²) in [6.07, 6.45) is 2.47. The highest BCUT2D eigenvalue weighted by Crippen LogP contribution is 2.21. The van der Waals surface area contributed by atoms with Gasteiger partial charge in [0.05, 0.1) is 0 Å². The van der Waals surface area contributed by atoms with Gasteiger partial charge in [0.15, 0.2) is 0 Å². The zero-order valence-electron chi connectivity index (χ0n) is 14.1. The minimum atomic E-state index is 0.595. The van der Waals surface area contributed by atoms with Gasteiger partial charge in [-0.1, -0.05) is 67.6 Å². The zero-order valence-corrected chi connectivity index (χ0v) is 14.1. The minimum absolute atomic E-state index is 0.595. The molecule has 1 N–H and O–H groups in total. The Balaban J connectivity index is 1.57. The van der Waals surface area contributed by atoms with Crippen LogP contribution in [-0.2, 0) is 13.0 Å². The molecule has 2 heteroatoms. The Morgan fingerprint density at radius 3 is 2.22 bits per heavy atom. The summed E-state index contributed by atoms with van der Waals surface area (Å²) < 4.78 is 0.